The molecule has 2 aromatic heterocycles. The Bertz CT molecular complexity index is 684. The van der Waals surface area contributed by atoms with Crippen LogP contribution in [0.2, 0.25) is 0 Å². The molecule has 3 rings (SSSR count). The fraction of sp³-hybridized carbons (Fsp3) is 0.312. The van der Waals surface area contributed by atoms with E-state index in [9.17, 15) is 0 Å². The number of para-hydroxylation sites is 2. The van der Waals surface area contributed by atoms with Gasteiger partial charge in [0.15, 0.2) is 0 Å². The summed E-state index contributed by atoms with van der Waals surface area (Å²) in [6.07, 6.45) is 4.84. The molecule has 104 valence electrons. The topological polar surface area (TPSA) is 43.0 Å². The van der Waals surface area contributed by atoms with E-state index in [4.69, 9.17) is 4.42 Å². The second-order valence-electron chi connectivity index (χ2n) is 4.96. The molecule has 0 aliphatic heterocycles. The van der Waals surface area contributed by atoms with E-state index in [1.54, 1.807) is 0 Å². The quantitative estimate of drug-likeness (QED) is 0.699. The van der Waals surface area contributed by atoms with E-state index in [-0.39, 0.29) is 0 Å². The Kier molecular flexibility index (Phi) is 3.83. The van der Waals surface area contributed by atoms with Crippen LogP contribution >= 0.6 is 0 Å². The van der Waals surface area contributed by atoms with Crippen molar-refractivity contribution in [1.29, 1.82) is 0 Å². The summed E-state index contributed by atoms with van der Waals surface area (Å²) in [5.74, 6) is 0.960. The minimum atomic E-state index is 0.717. The lowest BCUT2D eigenvalue weighted by atomic mass is 10.3. The monoisotopic (exact) mass is 269 g/mol. The molecule has 20 heavy (non-hydrogen) atoms. The van der Waals surface area contributed by atoms with E-state index in [1.165, 1.54) is 5.56 Å². The van der Waals surface area contributed by atoms with Crippen molar-refractivity contribution < 1.29 is 4.42 Å². The highest BCUT2D eigenvalue weighted by Crippen LogP contribution is 2.15. The molecule has 0 fully saturated rings. The first-order valence-electron chi connectivity index (χ1n) is 7.03. The first-order valence-corrected chi connectivity index (χ1v) is 7.03. The van der Waals surface area contributed by atoms with Crippen LogP contribution in [0.3, 0.4) is 0 Å². The first kappa shape index (κ1) is 12.9. The maximum absolute atomic E-state index is 5.63. The summed E-state index contributed by atoms with van der Waals surface area (Å²) in [7, 11) is 0. The molecule has 0 aliphatic rings. The van der Waals surface area contributed by atoms with Gasteiger partial charge in [-0.2, -0.15) is 0 Å². The summed E-state index contributed by atoms with van der Waals surface area (Å²) in [5, 5.41) is 3.37. The van der Waals surface area contributed by atoms with Crippen molar-refractivity contribution >= 4 is 11.0 Å². The van der Waals surface area contributed by atoms with Crippen LogP contribution in [0.15, 0.2) is 47.3 Å². The molecule has 3 aromatic rings. The summed E-state index contributed by atoms with van der Waals surface area (Å²) < 4.78 is 7.74. The van der Waals surface area contributed by atoms with Crippen LogP contribution in [0, 0.1) is 0 Å². The van der Waals surface area contributed by atoms with Crippen LogP contribution in [0.4, 0.5) is 0 Å². The van der Waals surface area contributed by atoms with E-state index in [2.05, 4.69) is 33.9 Å². The molecule has 0 unspecified atom stereocenters. The molecule has 4 nitrogen and oxygen atoms in total. The molecule has 4 heteroatoms. The van der Waals surface area contributed by atoms with E-state index in [0.717, 1.165) is 36.3 Å². The van der Waals surface area contributed by atoms with Crippen molar-refractivity contribution in [3.05, 3.63) is 54.2 Å². The third kappa shape index (κ3) is 2.75. The molecular weight excluding hydrogens is 250 g/mol. The number of fused-ring (bicyclic) bond motifs is 1. The number of hydrogen-bond donors (Lipinski definition) is 1. The highest BCUT2D eigenvalue weighted by molar-refractivity contribution is 5.74. The number of imidazole rings is 1. The van der Waals surface area contributed by atoms with Gasteiger partial charge in [-0.25, -0.2) is 4.98 Å². The number of benzene rings is 1. The molecule has 0 amide bonds. The standard InChI is InChI=1S/C16H19N3O/c1-2-7-17-9-13-8-14(20-11-13)10-19-12-18-15-5-3-4-6-16(15)19/h3-6,8,11-12,17H,2,7,9-10H2,1H3. The molecule has 2 heterocycles. The van der Waals surface area contributed by atoms with Crippen LogP contribution in [0.25, 0.3) is 11.0 Å². The minimum Gasteiger partial charge on any atom is -0.467 e. The van der Waals surface area contributed by atoms with Crippen molar-refractivity contribution in [3.8, 4) is 0 Å². The number of nitrogens with zero attached hydrogens (tertiary/aromatic N) is 2. The van der Waals surface area contributed by atoms with Gasteiger partial charge < -0.3 is 14.3 Å². The zero-order valence-electron chi connectivity index (χ0n) is 11.7. The molecule has 0 radical (unpaired) electrons. The normalized spacial score (nSPS) is 11.2. The van der Waals surface area contributed by atoms with Crippen molar-refractivity contribution in [2.24, 2.45) is 0 Å². The third-order valence-corrected chi connectivity index (χ3v) is 3.32. The Balaban J connectivity index is 1.71. The number of aromatic nitrogens is 2. The highest BCUT2D eigenvalue weighted by atomic mass is 16.3. The lowest BCUT2D eigenvalue weighted by molar-refractivity contribution is 0.493. The van der Waals surface area contributed by atoms with Gasteiger partial charge in [-0.15, -0.1) is 0 Å². The molecule has 0 atom stereocenters. The van der Waals surface area contributed by atoms with Crippen LogP contribution < -0.4 is 5.32 Å². The van der Waals surface area contributed by atoms with Crippen LogP contribution in [-0.4, -0.2) is 16.1 Å². The summed E-state index contributed by atoms with van der Waals surface area (Å²) in [4.78, 5) is 4.39. The van der Waals surface area contributed by atoms with E-state index >= 15 is 0 Å². The predicted molar refractivity (Wildman–Crippen MR) is 79.5 cm³/mol. The average Bonchev–Trinajstić information content (AvgIpc) is 3.08. The minimum absolute atomic E-state index is 0.717. The first-order chi connectivity index (χ1) is 9.86. The SMILES string of the molecule is CCCNCc1coc(Cn2cnc3ccccc32)c1. The second kappa shape index (κ2) is 5.92. The maximum atomic E-state index is 5.63. The van der Waals surface area contributed by atoms with Gasteiger partial charge in [0, 0.05) is 12.1 Å². The molecule has 0 bridgehead atoms. The Labute approximate surface area is 118 Å². The Hall–Kier alpha value is -2.07. The molecule has 0 saturated heterocycles. The lowest BCUT2D eigenvalue weighted by Gasteiger charge is -2.00. The maximum Gasteiger partial charge on any atom is 0.123 e. The molecule has 1 N–H and O–H groups in total. The molecular formula is C16H19N3O. The zero-order valence-corrected chi connectivity index (χ0v) is 11.7. The van der Waals surface area contributed by atoms with Crippen LogP contribution in [-0.2, 0) is 13.1 Å². The summed E-state index contributed by atoms with van der Waals surface area (Å²) in [6.45, 7) is 4.78. The average molecular weight is 269 g/mol. The van der Waals surface area contributed by atoms with Crippen molar-refractivity contribution in [1.82, 2.24) is 14.9 Å². The zero-order chi connectivity index (χ0) is 13.8. The molecule has 1 aromatic carbocycles. The van der Waals surface area contributed by atoms with Gasteiger partial charge in [0.25, 0.3) is 0 Å². The highest BCUT2D eigenvalue weighted by Gasteiger charge is 2.06. The second-order valence-corrected chi connectivity index (χ2v) is 4.96. The Morgan fingerprint density at radius 2 is 2.20 bits per heavy atom. The van der Waals surface area contributed by atoms with Gasteiger partial charge in [-0.3, -0.25) is 0 Å². The number of nitrogens with one attached hydrogen (secondary N) is 1. The third-order valence-electron chi connectivity index (χ3n) is 3.32. The van der Waals surface area contributed by atoms with Gasteiger partial charge in [0.2, 0.25) is 0 Å². The van der Waals surface area contributed by atoms with E-state index in [0.29, 0.717) is 6.54 Å². The fourth-order valence-corrected chi connectivity index (χ4v) is 2.32. The van der Waals surface area contributed by atoms with Crippen molar-refractivity contribution in [3.63, 3.8) is 0 Å². The molecule has 0 aliphatic carbocycles. The number of rotatable bonds is 6. The van der Waals surface area contributed by atoms with E-state index < -0.39 is 0 Å². The Morgan fingerprint density at radius 1 is 1.30 bits per heavy atom. The van der Waals surface area contributed by atoms with Crippen molar-refractivity contribution in [2.75, 3.05) is 6.54 Å². The largest absolute Gasteiger partial charge is 0.467 e. The van der Waals surface area contributed by atoms with Gasteiger partial charge in [-0.05, 0) is 31.2 Å². The number of furan rings is 1. The van der Waals surface area contributed by atoms with Gasteiger partial charge in [0.1, 0.15) is 5.76 Å². The van der Waals surface area contributed by atoms with Gasteiger partial charge >= 0.3 is 0 Å². The summed E-state index contributed by atoms with van der Waals surface area (Å²) in [5.41, 5.74) is 3.34. The van der Waals surface area contributed by atoms with Crippen molar-refractivity contribution in [2.45, 2.75) is 26.4 Å². The fourth-order valence-electron chi connectivity index (χ4n) is 2.32. The summed E-state index contributed by atoms with van der Waals surface area (Å²) in [6, 6.07) is 10.2. The van der Waals surface area contributed by atoms with E-state index in [1.807, 2.05) is 30.8 Å². The predicted octanol–water partition coefficient (Wildman–Crippen LogP) is 3.18. The Morgan fingerprint density at radius 3 is 3.10 bits per heavy atom. The number of hydrogen-bond acceptors (Lipinski definition) is 3. The smallest absolute Gasteiger partial charge is 0.123 e. The molecule has 0 saturated carbocycles. The van der Waals surface area contributed by atoms with Gasteiger partial charge in [-0.1, -0.05) is 19.1 Å². The van der Waals surface area contributed by atoms with Crippen LogP contribution in [0.5, 0.6) is 0 Å². The lowest BCUT2D eigenvalue weighted by Crippen LogP contribution is -2.13. The summed E-state index contributed by atoms with van der Waals surface area (Å²) >= 11 is 0. The van der Waals surface area contributed by atoms with Crippen LogP contribution in [0.1, 0.15) is 24.7 Å². The van der Waals surface area contributed by atoms with Gasteiger partial charge in [0.05, 0.1) is 30.2 Å². The molecule has 0 spiro atoms.